The molecule has 12 heteroatoms. The number of hydrogen-bond donors (Lipinski definition) is 0. The Hall–Kier alpha value is -1.90. The predicted octanol–water partition coefficient (Wildman–Crippen LogP) is 4.94. The molecule has 0 aromatic heterocycles. The van der Waals surface area contributed by atoms with Crippen LogP contribution in [0.4, 0.5) is 30.5 Å². The summed E-state index contributed by atoms with van der Waals surface area (Å²) in [6.07, 6.45) is -11.3. The normalized spacial score (nSPS) is 23.7. The van der Waals surface area contributed by atoms with Crippen LogP contribution in [0, 0.1) is 0 Å². The van der Waals surface area contributed by atoms with Gasteiger partial charge in [-0.15, -0.1) is 0 Å². The van der Waals surface area contributed by atoms with Gasteiger partial charge in [-0.25, -0.2) is 0 Å². The van der Waals surface area contributed by atoms with Crippen molar-refractivity contribution in [1.82, 2.24) is 0 Å². The van der Waals surface area contributed by atoms with Crippen molar-refractivity contribution in [3.8, 4) is 11.5 Å². The third-order valence-corrected chi connectivity index (χ3v) is 4.46. The van der Waals surface area contributed by atoms with Crippen molar-refractivity contribution in [2.75, 3.05) is 0 Å². The van der Waals surface area contributed by atoms with Gasteiger partial charge in [-0.3, -0.25) is 0 Å². The molecule has 2 aliphatic rings. The van der Waals surface area contributed by atoms with E-state index in [2.05, 4.69) is 18.1 Å². The maximum atomic E-state index is 14.8. The van der Waals surface area contributed by atoms with Gasteiger partial charge in [0, 0.05) is 0 Å². The van der Waals surface area contributed by atoms with E-state index < -0.39 is 43.2 Å². The molecule has 122 valence electrons. The molecule has 0 amide bonds. The standard InChI is InChI=1S/C10H4F7O4P/c11-9(12,13)7-8(10(14,15)16)21-22(17,20-7)18-5-3-1-2-4-6(5)19-22/h1-4H. The van der Waals surface area contributed by atoms with E-state index in [0.717, 1.165) is 12.1 Å². The second-order valence-electron chi connectivity index (χ2n) is 4.19. The van der Waals surface area contributed by atoms with E-state index in [4.69, 9.17) is 0 Å². The Balaban J connectivity index is 2.05. The summed E-state index contributed by atoms with van der Waals surface area (Å²) in [6, 6.07) is 4.74. The summed E-state index contributed by atoms with van der Waals surface area (Å²) in [5.74, 6) is -6.25. The van der Waals surface area contributed by atoms with Gasteiger partial charge in [-0.1, -0.05) is 0 Å². The Bertz CT molecular complexity index is 626. The van der Waals surface area contributed by atoms with E-state index in [1.165, 1.54) is 12.1 Å². The molecule has 3 rings (SSSR count). The fraction of sp³-hybridized carbons (Fsp3) is 0.200. The van der Waals surface area contributed by atoms with Crippen molar-refractivity contribution in [2.24, 2.45) is 0 Å². The molecule has 0 atom stereocenters. The van der Waals surface area contributed by atoms with Gasteiger partial charge in [0.25, 0.3) is 0 Å². The molecule has 0 saturated carbocycles. The summed E-state index contributed by atoms with van der Waals surface area (Å²) in [6.45, 7) is 0. The van der Waals surface area contributed by atoms with Gasteiger partial charge in [0.2, 0.25) is 0 Å². The molecule has 0 radical (unpaired) electrons. The number of allylic oxidation sites excluding steroid dienone is 2. The van der Waals surface area contributed by atoms with Crippen molar-refractivity contribution in [3.05, 3.63) is 35.8 Å². The number of hydrogen-bond acceptors (Lipinski definition) is 4. The second-order valence-corrected chi connectivity index (χ2v) is 6.37. The number of para-hydroxylation sites is 2. The molecule has 0 fully saturated rings. The van der Waals surface area contributed by atoms with Crippen LogP contribution in [0.1, 0.15) is 0 Å². The van der Waals surface area contributed by atoms with Crippen LogP contribution in [0.2, 0.25) is 0 Å². The van der Waals surface area contributed by atoms with E-state index >= 15 is 0 Å². The minimum atomic E-state index is -6.62. The van der Waals surface area contributed by atoms with Crippen LogP contribution < -0.4 is 9.05 Å². The van der Waals surface area contributed by atoms with Crippen LogP contribution >= 0.6 is 7.82 Å². The van der Waals surface area contributed by atoms with Crippen LogP contribution in [0.15, 0.2) is 35.8 Å². The molecule has 0 saturated heterocycles. The quantitative estimate of drug-likeness (QED) is 0.490. The van der Waals surface area contributed by atoms with Crippen molar-refractivity contribution < 1.29 is 48.6 Å². The van der Waals surface area contributed by atoms with Crippen LogP contribution in [-0.2, 0) is 9.05 Å². The Kier molecular flexibility index (Phi) is 2.66. The van der Waals surface area contributed by atoms with Gasteiger partial charge in [-0.05, 0) is 0 Å². The van der Waals surface area contributed by atoms with Gasteiger partial charge >= 0.3 is 116 Å². The minimum absolute atomic E-state index is 0.437. The van der Waals surface area contributed by atoms with E-state index in [0.29, 0.717) is 0 Å². The molecular formula is C10H4F7O4P. The molecule has 2 heterocycles. The van der Waals surface area contributed by atoms with Crippen LogP contribution in [0.25, 0.3) is 0 Å². The number of benzene rings is 1. The molecule has 4 nitrogen and oxygen atoms in total. The maximum absolute atomic E-state index is 14.8. The summed E-state index contributed by atoms with van der Waals surface area (Å²) >= 11 is 0. The third-order valence-electron chi connectivity index (χ3n) is 2.53. The van der Waals surface area contributed by atoms with Gasteiger partial charge in [0.05, 0.1) is 0 Å². The Morgan fingerprint density at radius 3 is 1.36 bits per heavy atom. The van der Waals surface area contributed by atoms with E-state index in [-0.39, 0.29) is 0 Å². The predicted molar refractivity (Wildman–Crippen MR) is 57.0 cm³/mol. The van der Waals surface area contributed by atoms with Crippen LogP contribution in [0.3, 0.4) is 0 Å². The first-order valence-electron chi connectivity index (χ1n) is 5.43. The van der Waals surface area contributed by atoms with Gasteiger partial charge in [0.1, 0.15) is 0 Å². The SMILES string of the molecule is FC(F)(F)C1=C(C(F)(F)F)OP2(F)(O1)Oc1ccccc1O2. The Morgan fingerprint density at radius 1 is 0.682 bits per heavy atom. The Labute approximate surface area is 117 Å². The molecule has 1 aromatic rings. The number of alkyl halides is 6. The summed E-state index contributed by atoms with van der Waals surface area (Å²) in [4.78, 5) is 0. The van der Waals surface area contributed by atoms with Crippen LogP contribution in [-0.4, -0.2) is 12.4 Å². The summed E-state index contributed by atoms with van der Waals surface area (Å²) in [5.41, 5.74) is 0. The number of fused-ring (bicyclic) bond motifs is 1. The fourth-order valence-corrected chi connectivity index (χ4v) is 3.88. The van der Waals surface area contributed by atoms with Crippen molar-refractivity contribution in [2.45, 2.75) is 12.4 Å². The summed E-state index contributed by atoms with van der Waals surface area (Å²) < 4.78 is 107. The molecule has 0 bridgehead atoms. The first kappa shape index (κ1) is 15.0. The van der Waals surface area contributed by atoms with Crippen molar-refractivity contribution in [1.29, 1.82) is 0 Å². The van der Waals surface area contributed by atoms with E-state index in [1.807, 2.05) is 0 Å². The molecule has 2 aliphatic heterocycles. The summed E-state index contributed by atoms with van der Waals surface area (Å²) in [7, 11) is -6.62. The molecular weight excluding hydrogens is 348 g/mol. The Morgan fingerprint density at radius 2 is 1.05 bits per heavy atom. The first-order valence-corrected chi connectivity index (χ1v) is 7.23. The first-order chi connectivity index (χ1) is 9.91. The molecule has 0 unspecified atom stereocenters. The summed E-state index contributed by atoms with van der Waals surface area (Å²) in [5, 5.41) is 0. The third kappa shape index (κ3) is 2.20. The second kappa shape index (κ2) is 3.89. The van der Waals surface area contributed by atoms with Crippen molar-refractivity contribution in [3.63, 3.8) is 0 Å². The van der Waals surface area contributed by atoms with Gasteiger partial charge < -0.3 is 0 Å². The molecule has 1 aromatic carbocycles. The molecule has 1 spiro atoms. The zero-order chi connectivity index (χ0) is 16.4. The fourth-order valence-electron chi connectivity index (χ4n) is 1.76. The molecule has 0 N–H and O–H groups in total. The van der Waals surface area contributed by atoms with Gasteiger partial charge in [0.15, 0.2) is 0 Å². The zero-order valence-electron chi connectivity index (χ0n) is 10.0. The van der Waals surface area contributed by atoms with E-state index in [9.17, 15) is 30.5 Å². The zero-order valence-corrected chi connectivity index (χ0v) is 10.9. The number of rotatable bonds is 0. The van der Waals surface area contributed by atoms with Crippen molar-refractivity contribution >= 4 is 7.82 Å². The molecule has 0 aliphatic carbocycles. The number of halogens is 7. The monoisotopic (exact) mass is 352 g/mol. The topological polar surface area (TPSA) is 36.9 Å². The molecule has 22 heavy (non-hydrogen) atoms. The average Bonchev–Trinajstić information content (AvgIpc) is 2.82. The average molecular weight is 352 g/mol. The van der Waals surface area contributed by atoms with Gasteiger partial charge in [-0.2, -0.15) is 0 Å². The van der Waals surface area contributed by atoms with Crippen LogP contribution in [0.5, 0.6) is 11.5 Å². The van der Waals surface area contributed by atoms with E-state index in [1.54, 1.807) is 0 Å².